The number of anilines is 3. The molecule has 4 rings (SSSR count). The summed E-state index contributed by atoms with van der Waals surface area (Å²) in [5, 5.41) is 14.8. The molecule has 0 radical (unpaired) electrons. The number of amides is 2. The lowest BCUT2D eigenvalue weighted by Crippen LogP contribution is -2.25. The second kappa shape index (κ2) is 10.1. The molecule has 0 aliphatic carbocycles. The maximum Gasteiger partial charge on any atom is 0.323 e. The molecule has 0 saturated carbocycles. The molecule has 31 heavy (non-hydrogen) atoms. The number of nitrogens with one attached hydrogen (secondary N) is 2. The Labute approximate surface area is 183 Å². The Hall–Kier alpha value is -3.41. The smallest absolute Gasteiger partial charge is 0.323 e. The molecule has 6 heteroatoms. The summed E-state index contributed by atoms with van der Waals surface area (Å²) in [6.45, 7) is 4.16. The molecule has 0 bridgehead atoms. The predicted molar refractivity (Wildman–Crippen MR) is 127 cm³/mol. The van der Waals surface area contributed by atoms with Crippen LogP contribution in [0.15, 0.2) is 60.7 Å². The number of nitrogens with zero attached hydrogens (tertiary/aromatic N) is 3. The van der Waals surface area contributed by atoms with E-state index in [1.807, 2.05) is 60.7 Å². The molecular formula is C25H29N5O. The molecule has 1 aromatic heterocycles. The van der Waals surface area contributed by atoms with Gasteiger partial charge in [-0.05, 0) is 55.2 Å². The van der Waals surface area contributed by atoms with Crippen molar-refractivity contribution in [3.8, 4) is 11.3 Å². The molecule has 0 atom stereocenters. The van der Waals surface area contributed by atoms with Crippen LogP contribution in [-0.2, 0) is 6.42 Å². The fourth-order valence-electron chi connectivity index (χ4n) is 3.94. The molecule has 160 valence electrons. The van der Waals surface area contributed by atoms with Crippen LogP contribution in [0.2, 0.25) is 0 Å². The molecule has 2 aromatic carbocycles. The molecule has 1 saturated heterocycles. The van der Waals surface area contributed by atoms with Crippen molar-refractivity contribution in [3.05, 3.63) is 66.2 Å². The topological polar surface area (TPSA) is 70.2 Å². The Morgan fingerprint density at radius 2 is 1.71 bits per heavy atom. The van der Waals surface area contributed by atoms with Crippen LogP contribution in [0.3, 0.4) is 0 Å². The summed E-state index contributed by atoms with van der Waals surface area (Å²) in [5.74, 6) is 0.939. The normalized spacial score (nSPS) is 14.0. The van der Waals surface area contributed by atoms with Crippen LogP contribution in [0.4, 0.5) is 22.0 Å². The minimum Gasteiger partial charge on any atom is -0.355 e. The number of hydrogen-bond donors (Lipinski definition) is 2. The van der Waals surface area contributed by atoms with Gasteiger partial charge in [-0.25, -0.2) is 4.79 Å². The van der Waals surface area contributed by atoms with Crippen molar-refractivity contribution in [2.45, 2.75) is 39.0 Å². The van der Waals surface area contributed by atoms with Crippen molar-refractivity contribution in [2.75, 3.05) is 28.6 Å². The molecule has 1 fully saturated rings. The number of benzene rings is 2. The van der Waals surface area contributed by atoms with E-state index >= 15 is 0 Å². The fourth-order valence-corrected chi connectivity index (χ4v) is 3.94. The highest BCUT2D eigenvalue weighted by Crippen LogP contribution is 2.23. The average Bonchev–Trinajstić information content (AvgIpc) is 3.09. The number of carbonyl (C=O) groups is 1. The molecule has 6 nitrogen and oxygen atoms in total. The van der Waals surface area contributed by atoms with Gasteiger partial charge in [-0.3, -0.25) is 0 Å². The van der Waals surface area contributed by atoms with E-state index in [9.17, 15) is 4.79 Å². The van der Waals surface area contributed by atoms with Crippen LogP contribution in [0.25, 0.3) is 11.3 Å². The summed E-state index contributed by atoms with van der Waals surface area (Å²) in [4.78, 5) is 14.8. The van der Waals surface area contributed by atoms with Crippen molar-refractivity contribution >= 4 is 23.2 Å². The van der Waals surface area contributed by atoms with Gasteiger partial charge in [-0.2, -0.15) is 0 Å². The van der Waals surface area contributed by atoms with Crippen LogP contribution in [0, 0.1) is 0 Å². The van der Waals surface area contributed by atoms with Crippen LogP contribution in [-0.4, -0.2) is 29.3 Å². The van der Waals surface area contributed by atoms with Gasteiger partial charge in [-0.1, -0.05) is 50.1 Å². The van der Waals surface area contributed by atoms with Crippen molar-refractivity contribution in [1.29, 1.82) is 0 Å². The van der Waals surface area contributed by atoms with Gasteiger partial charge >= 0.3 is 6.03 Å². The maximum atomic E-state index is 12.5. The predicted octanol–water partition coefficient (Wildman–Crippen LogP) is 5.73. The molecule has 3 aromatic rings. The van der Waals surface area contributed by atoms with Crippen molar-refractivity contribution in [3.63, 3.8) is 0 Å². The summed E-state index contributed by atoms with van der Waals surface area (Å²) < 4.78 is 0. The van der Waals surface area contributed by atoms with Gasteiger partial charge in [0.25, 0.3) is 0 Å². The highest BCUT2D eigenvalue weighted by atomic mass is 16.2. The van der Waals surface area contributed by atoms with Gasteiger partial charge < -0.3 is 15.5 Å². The van der Waals surface area contributed by atoms with E-state index in [0.29, 0.717) is 5.69 Å². The van der Waals surface area contributed by atoms with Crippen molar-refractivity contribution in [2.24, 2.45) is 0 Å². The van der Waals surface area contributed by atoms with Crippen LogP contribution in [0.5, 0.6) is 0 Å². The monoisotopic (exact) mass is 415 g/mol. The lowest BCUT2D eigenvalue weighted by Gasteiger charge is -2.20. The minimum absolute atomic E-state index is 0.263. The number of para-hydroxylation sites is 1. The zero-order valence-electron chi connectivity index (χ0n) is 18.0. The van der Waals surface area contributed by atoms with Crippen LogP contribution >= 0.6 is 0 Å². The first-order chi connectivity index (χ1) is 15.2. The number of urea groups is 1. The third-order valence-electron chi connectivity index (χ3n) is 5.64. The van der Waals surface area contributed by atoms with E-state index in [2.05, 4.69) is 32.7 Å². The summed E-state index contributed by atoms with van der Waals surface area (Å²) in [5.41, 5.74) is 4.35. The molecule has 2 amide bonds. The molecule has 0 unspecified atom stereocenters. The molecule has 2 N–H and O–H groups in total. The van der Waals surface area contributed by atoms with E-state index < -0.39 is 0 Å². The van der Waals surface area contributed by atoms with Crippen LogP contribution < -0.4 is 15.5 Å². The summed E-state index contributed by atoms with van der Waals surface area (Å²) >= 11 is 0. The number of aryl methyl sites for hydroxylation is 1. The zero-order valence-corrected chi connectivity index (χ0v) is 18.0. The molecular weight excluding hydrogens is 386 g/mol. The summed E-state index contributed by atoms with van der Waals surface area (Å²) in [6.07, 6.45) is 5.86. The quantitative estimate of drug-likeness (QED) is 0.558. The average molecular weight is 416 g/mol. The van der Waals surface area contributed by atoms with Crippen LogP contribution in [0.1, 0.15) is 38.2 Å². The summed E-state index contributed by atoms with van der Waals surface area (Å²) in [6, 6.07) is 19.3. The highest BCUT2D eigenvalue weighted by molar-refractivity contribution is 6.00. The van der Waals surface area contributed by atoms with Gasteiger partial charge in [0.05, 0.1) is 5.69 Å². The number of carbonyl (C=O) groups excluding carboxylic acids is 1. The van der Waals surface area contributed by atoms with Crippen molar-refractivity contribution < 1.29 is 4.79 Å². The molecule has 2 heterocycles. The second-order valence-corrected chi connectivity index (χ2v) is 7.85. The molecule has 1 aliphatic rings. The first-order valence-electron chi connectivity index (χ1n) is 11.1. The number of rotatable bonds is 5. The largest absolute Gasteiger partial charge is 0.355 e. The summed E-state index contributed by atoms with van der Waals surface area (Å²) in [7, 11) is 0. The third kappa shape index (κ3) is 5.40. The van der Waals surface area contributed by atoms with E-state index in [1.165, 1.54) is 25.7 Å². The molecule has 1 aliphatic heterocycles. The molecule has 0 spiro atoms. The van der Waals surface area contributed by atoms with Gasteiger partial charge in [-0.15, -0.1) is 10.2 Å². The third-order valence-corrected chi connectivity index (χ3v) is 5.64. The maximum absolute atomic E-state index is 12.5. The van der Waals surface area contributed by atoms with Crippen molar-refractivity contribution in [1.82, 2.24) is 10.2 Å². The number of hydrogen-bond acceptors (Lipinski definition) is 4. The lowest BCUT2D eigenvalue weighted by molar-refractivity contribution is 0.262. The van der Waals surface area contributed by atoms with E-state index in [0.717, 1.165) is 47.8 Å². The lowest BCUT2D eigenvalue weighted by atomic mass is 10.1. The SMILES string of the molecule is CCc1ccccc1NC(=O)Nc1cccc(-c2ccc(N3CCCCCC3)nn2)c1. The first kappa shape index (κ1) is 20.8. The highest BCUT2D eigenvalue weighted by Gasteiger charge is 2.12. The van der Waals surface area contributed by atoms with E-state index in [-0.39, 0.29) is 6.03 Å². The zero-order chi connectivity index (χ0) is 21.5. The minimum atomic E-state index is -0.263. The Balaban J connectivity index is 1.43. The van der Waals surface area contributed by atoms with E-state index in [4.69, 9.17) is 0 Å². The van der Waals surface area contributed by atoms with Gasteiger partial charge in [0, 0.05) is 30.0 Å². The Bertz CT molecular complexity index is 1010. The second-order valence-electron chi connectivity index (χ2n) is 7.85. The standard InChI is InChI=1S/C25H29N5O/c1-2-19-10-5-6-13-22(19)27-25(31)26-21-12-9-11-20(18-21)23-14-15-24(29-28-23)30-16-7-3-4-8-17-30/h5-6,9-15,18H,2-4,7-8,16-17H2,1H3,(H2,26,27,31). The number of aromatic nitrogens is 2. The van der Waals surface area contributed by atoms with Gasteiger partial charge in [0.1, 0.15) is 0 Å². The fraction of sp³-hybridized carbons (Fsp3) is 0.320. The Morgan fingerprint density at radius 3 is 2.45 bits per heavy atom. The van der Waals surface area contributed by atoms with Gasteiger partial charge in [0.2, 0.25) is 0 Å². The Morgan fingerprint density at radius 1 is 0.903 bits per heavy atom. The Kier molecular flexibility index (Phi) is 6.77. The van der Waals surface area contributed by atoms with Gasteiger partial charge in [0.15, 0.2) is 5.82 Å². The first-order valence-corrected chi connectivity index (χ1v) is 11.1. The van der Waals surface area contributed by atoms with E-state index in [1.54, 1.807) is 0 Å².